The lowest BCUT2D eigenvalue weighted by Crippen LogP contribution is -2.31. The van der Waals surface area contributed by atoms with E-state index in [9.17, 15) is 13.6 Å². The molecule has 7 heteroatoms. The van der Waals surface area contributed by atoms with Crippen molar-refractivity contribution < 1.29 is 13.6 Å². The molecule has 0 saturated carbocycles. The number of aryl methyl sites for hydroxylation is 2. The first-order valence-electron chi connectivity index (χ1n) is 11.5. The van der Waals surface area contributed by atoms with Crippen LogP contribution in [0, 0.1) is 31.4 Å². The summed E-state index contributed by atoms with van der Waals surface area (Å²) in [6, 6.07) is 12.2. The Hall–Kier alpha value is -3.32. The zero-order valence-corrected chi connectivity index (χ0v) is 19.7. The molecule has 1 aliphatic heterocycles. The average Bonchev–Trinajstić information content (AvgIpc) is 2.80. The third kappa shape index (κ3) is 5.25. The Morgan fingerprint density at radius 2 is 1.76 bits per heavy atom. The molecule has 3 aromatic rings. The lowest BCUT2D eigenvalue weighted by molar-refractivity contribution is 0.0774. The van der Waals surface area contributed by atoms with Crippen LogP contribution in [0.5, 0.6) is 0 Å². The molecule has 1 aliphatic rings. The molecule has 0 atom stereocenters. The van der Waals surface area contributed by atoms with Crippen LogP contribution in [0.3, 0.4) is 0 Å². The van der Waals surface area contributed by atoms with Crippen molar-refractivity contribution in [2.45, 2.75) is 26.7 Å². The van der Waals surface area contributed by atoms with Crippen LogP contribution < -0.4 is 5.56 Å². The Kier molecular flexibility index (Phi) is 7.22. The molecule has 2 aromatic carbocycles. The van der Waals surface area contributed by atoms with Gasteiger partial charge in [-0.2, -0.15) is 0 Å². The van der Waals surface area contributed by atoms with Crippen LogP contribution in [0.4, 0.5) is 8.78 Å². The number of likely N-dealkylation sites (tertiary alicyclic amines) is 1. The van der Waals surface area contributed by atoms with Gasteiger partial charge in [0, 0.05) is 29.5 Å². The number of halogens is 2. The number of pyridine rings is 1. The van der Waals surface area contributed by atoms with Crippen molar-refractivity contribution in [1.82, 2.24) is 9.47 Å². The minimum Gasteiger partial charge on any atom is -0.395 e. The Labute approximate surface area is 198 Å². The van der Waals surface area contributed by atoms with Crippen LogP contribution in [0.2, 0.25) is 0 Å². The number of hydrogen-bond acceptors (Lipinski definition) is 4. The Bertz CT molecular complexity index is 1240. The van der Waals surface area contributed by atoms with Crippen LogP contribution in [-0.4, -0.2) is 41.9 Å². The summed E-state index contributed by atoms with van der Waals surface area (Å²) in [7, 11) is 2.09. The summed E-state index contributed by atoms with van der Waals surface area (Å²) in [4.78, 5) is 20.7. The second-order valence-electron chi connectivity index (χ2n) is 8.97. The Morgan fingerprint density at radius 3 is 2.44 bits per heavy atom. The number of hydrogen-bond donors (Lipinski definition) is 0. The smallest absolute Gasteiger partial charge is 0.255 e. The summed E-state index contributed by atoms with van der Waals surface area (Å²) in [5.74, 6) is -1.05. The molecule has 34 heavy (non-hydrogen) atoms. The van der Waals surface area contributed by atoms with Gasteiger partial charge in [0.15, 0.2) is 0 Å². The summed E-state index contributed by atoms with van der Waals surface area (Å²) in [5.41, 5.74) is 3.24. The fourth-order valence-electron chi connectivity index (χ4n) is 4.36. The molecule has 0 amide bonds. The predicted molar refractivity (Wildman–Crippen MR) is 130 cm³/mol. The normalized spacial score (nSPS) is 15.5. The number of nitrogens with zero attached hydrogens (tertiary/aromatic N) is 3. The topological polar surface area (TPSA) is 46.8 Å². The number of para-hydroxylation sites is 1. The third-order valence-electron chi connectivity index (χ3n) is 6.36. The number of aromatic nitrogens is 1. The van der Waals surface area contributed by atoms with E-state index in [-0.39, 0.29) is 16.8 Å². The van der Waals surface area contributed by atoms with E-state index in [4.69, 9.17) is 4.84 Å². The monoisotopic (exact) mass is 465 g/mol. The van der Waals surface area contributed by atoms with Gasteiger partial charge in [-0.15, -0.1) is 0 Å². The second-order valence-corrected chi connectivity index (χ2v) is 8.97. The maximum Gasteiger partial charge on any atom is 0.255 e. The van der Waals surface area contributed by atoms with Gasteiger partial charge in [0.1, 0.15) is 24.0 Å². The second kappa shape index (κ2) is 10.3. The first-order valence-corrected chi connectivity index (χ1v) is 11.5. The highest BCUT2D eigenvalue weighted by atomic mass is 19.1. The van der Waals surface area contributed by atoms with Gasteiger partial charge in [0.2, 0.25) is 0 Å². The van der Waals surface area contributed by atoms with Gasteiger partial charge in [-0.05, 0) is 82.1 Å². The highest BCUT2D eigenvalue weighted by Crippen LogP contribution is 2.21. The molecule has 0 radical (unpaired) electrons. The van der Waals surface area contributed by atoms with Crippen LogP contribution in [-0.2, 0) is 4.84 Å². The van der Waals surface area contributed by atoms with Crippen molar-refractivity contribution >= 4 is 5.71 Å². The van der Waals surface area contributed by atoms with Gasteiger partial charge in [0.05, 0.1) is 5.69 Å². The number of benzene rings is 2. The maximum atomic E-state index is 14.8. The molecule has 0 bridgehead atoms. The minimum absolute atomic E-state index is 0.108. The molecule has 2 heterocycles. The first kappa shape index (κ1) is 23.8. The maximum absolute atomic E-state index is 14.8. The van der Waals surface area contributed by atoms with Gasteiger partial charge >= 0.3 is 0 Å². The van der Waals surface area contributed by atoms with Gasteiger partial charge in [-0.25, -0.2) is 8.78 Å². The van der Waals surface area contributed by atoms with Gasteiger partial charge in [-0.3, -0.25) is 9.36 Å². The van der Waals surface area contributed by atoms with E-state index < -0.39 is 11.6 Å². The number of rotatable bonds is 6. The van der Waals surface area contributed by atoms with E-state index in [1.165, 1.54) is 22.8 Å². The van der Waals surface area contributed by atoms with Crippen LogP contribution in [0.1, 0.15) is 35.1 Å². The van der Waals surface area contributed by atoms with Gasteiger partial charge in [0.25, 0.3) is 5.56 Å². The van der Waals surface area contributed by atoms with E-state index in [2.05, 4.69) is 17.1 Å². The summed E-state index contributed by atoms with van der Waals surface area (Å²) < 4.78 is 29.9. The van der Waals surface area contributed by atoms with Crippen LogP contribution in [0.25, 0.3) is 5.69 Å². The minimum atomic E-state index is -0.744. The lowest BCUT2D eigenvalue weighted by atomic mass is 9.98. The van der Waals surface area contributed by atoms with Crippen LogP contribution >= 0.6 is 0 Å². The van der Waals surface area contributed by atoms with E-state index >= 15 is 0 Å². The third-order valence-corrected chi connectivity index (χ3v) is 6.36. The zero-order valence-electron chi connectivity index (χ0n) is 19.7. The zero-order chi connectivity index (χ0) is 24.2. The van der Waals surface area contributed by atoms with E-state index in [0.717, 1.165) is 48.8 Å². The SMILES string of the molecule is Cc1cccc(C)c1-n1cc(/C(=N/OCC2CCN(C)CC2)c2ccc(F)cc2F)ccc1=O. The molecule has 1 aromatic heterocycles. The summed E-state index contributed by atoms with van der Waals surface area (Å²) in [6.45, 7) is 6.27. The average molecular weight is 466 g/mol. The van der Waals surface area contributed by atoms with Crippen molar-refractivity contribution in [2.75, 3.05) is 26.7 Å². The van der Waals surface area contributed by atoms with Crippen molar-refractivity contribution in [3.8, 4) is 5.69 Å². The summed E-state index contributed by atoms with van der Waals surface area (Å²) in [6.07, 6.45) is 3.64. The van der Waals surface area contributed by atoms with E-state index in [0.29, 0.717) is 18.1 Å². The number of oxime groups is 1. The molecule has 1 fully saturated rings. The lowest BCUT2D eigenvalue weighted by Gasteiger charge is -2.27. The first-order chi connectivity index (χ1) is 16.3. The highest BCUT2D eigenvalue weighted by Gasteiger charge is 2.19. The quantitative estimate of drug-likeness (QED) is 0.387. The molecule has 0 unspecified atom stereocenters. The Morgan fingerprint density at radius 1 is 1.06 bits per heavy atom. The van der Waals surface area contributed by atoms with E-state index in [1.807, 2.05) is 32.0 Å². The Balaban J connectivity index is 1.74. The molecule has 178 valence electrons. The van der Waals surface area contributed by atoms with Gasteiger partial charge < -0.3 is 9.74 Å². The van der Waals surface area contributed by atoms with Crippen molar-refractivity contribution in [1.29, 1.82) is 0 Å². The summed E-state index contributed by atoms with van der Waals surface area (Å²) in [5, 5.41) is 4.30. The molecule has 0 N–H and O–H groups in total. The molecule has 5 nitrogen and oxygen atoms in total. The number of piperidine rings is 1. The summed E-state index contributed by atoms with van der Waals surface area (Å²) >= 11 is 0. The van der Waals surface area contributed by atoms with E-state index in [1.54, 1.807) is 12.3 Å². The molecular weight excluding hydrogens is 436 g/mol. The largest absolute Gasteiger partial charge is 0.395 e. The van der Waals surface area contributed by atoms with Crippen molar-refractivity contribution in [3.63, 3.8) is 0 Å². The predicted octanol–water partition coefficient (Wildman–Crippen LogP) is 4.84. The van der Waals surface area contributed by atoms with Crippen molar-refractivity contribution in [3.05, 3.63) is 99.0 Å². The molecule has 1 saturated heterocycles. The molecule has 0 aliphatic carbocycles. The molecule has 0 spiro atoms. The van der Waals surface area contributed by atoms with Crippen LogP contribution in [0.15, 0.2) is 64.7 Å². The van der Waals surface area contributed by atoms with Gasteiger partial charge in [-0.1, -0.05) is 23.4 Å². The molecule has 4 rings (SSSR count). The fourth-order valence-corrected chi connectivity index (χ4v) is 4.36. The fraction of sp³-hybridized carbons (Fsp3) is 0.333. The van der Waals surface area contributed by atoms with Crippen molar-refractivity contribution in [2.24, 2.45) is 11.1 Å². The highest BCUT2D eigenvalue weighted by molar-refractivity contribution is 6.12. The molecular formula is C27H29F2N3O2. The standard InChI is InChI=1S/C27H29F2N3O2/c1-18-5-4-6-19(2)27(18)32-16-21(7-10-25(32)33)26(23-9-8-22(28)15-24(23)29)30-34-17-20-11-13-31(3)14-12-20/h4-10,15-16,20H,11-14,17H2,1-3H3/b30-26-.